The number of methoxy groups -OCH3 is 1. The summed E-state index contributed by atoms with van der Waals surface area (Å²) in [7, 11) is 0.783. The second-order valence-corrected chi connectivity index (χ2v) is 9.46. The van der Waals surface area contributed by atoms with Crippen LogP contribution in [0.25, 0.3) is 0 Å². The van der Waals surface area contributed by atoms with Gasteiger partial charge in [-0.1, -0.05) is 37.6 Å². The van der Waals surface area contributed by atoms with Crippen molar-refractivity contribution in [3.63, 3.8) is 0 Å². The van der Waals surface area contributed by atoms with Gasteiger partial charge < -0.3 is 10.1 Å². The van der Waals surface area contributed by atoms with Gasteiger partial charge in [0.05, 0.1) is 28.6 Å². The topological polar surface area (TPSA) is 75.7 Å². The number of nitrogens with one attached hydrogen (secondary N) is 1. The summed E-state index contributed by atoms with van der Waals surface area (Å²) in [5.41, 5.74) is 1.03. The average molecular weight is 425 g/mol. The molecular formula is C20H25ClN2O4S. The van der Waals surface area contributed by atoms with E-state index in [2.05, 4.69) is 5.32 Å². The summed E-state index contributed by atoms with van der Waals surface area (Å²) in [5, 5.41) is 3.15. The molecule has 2 aromatic rings. The minimum Gasteiger partial charge on any atom is -0.497 e. The maximum Gasteiger partial charge on any atom is 0.253 e. The molecule has 0 aliphatic heterocycles. The van der Waals surface area contributed by atoms with Crippen molar-refractivity contribution in [1.29, 1.82) is 0 Å². The molecule has 0 aliphatic carbocycles. The van der Waals surface area contributed by atoms with Crippen LogP contribution in [0, 0.1) is 5.92 Å². The summed E-state index contributed by atoms with van der Waals surface area (Å²) in [6, 6.07) is 11.3. The van der Waals surface area contributed by atoms with Gasteiger partial charge in [0.1, 0.15) is 5.75 Å². The van der Waals surface area contributed by atoms with Gasteiger partial charge in [0, 0.05) is 14.1 Å². The number of halogens is 1. The predicted octanol–water partition coefficient (Wildman–Crippen LogP) is 3.73. The monoisotopic (exact) mass is 424 g/mol. The molecule has 0 saturated carbocycles. The fourth-order valence-corrected chi connectivity index (χ4v) is 3.85. The first-order valence-corrected chi connectivity index (χ1v) is 10.6. The van der Waals surface area contributed by atoms with E-state index in [4.69, 9.17) is 16.3 Å². The normalized spacial score (nSPS) is 12.9. The van der Waals surface area contributed by atoms with Crippen LogP contribution in [0.5, 0.6) is 5.75 Å². The smallest absolute Gasteiger partial charge is 0.253 e. The Morgan fingerprint density at radius 1 is 1.11 bits per heavy atom. The van der Waals surface area contributed by atoms with E-state index >= 15 is 0 Å². The van der Waals surface area contributed by atoms with Crippen molar-refractivity contribution in [3.8, 4) is 5.75 Å². The van der Waals surface area contributed by atoms with Gasteiger partial charge in [-0.3, -0.25) is 4.79 Å². The van der Waals surface area contributed by atoms with Crippen LogP contribution in [0.3, 0.4) is 0 Å². The summed E-state index contributed by atoms with van der Waals surface area (Å²) in [6.45, 7) is 3.98. The fraction of sp³-hybridized carbons (Fsp3) is 0.350. The van der Waals surface area contributed by atoms with Crippen molar-refractivity contribution in [2.45, 2.75) is 24.8 Å². The highest BCUT2D eigenvalue weighted by molar-refractivity contribution is 7.89. The Hall–Kier alpha value is -2.09. The molecule has 8 heteroatoms. The molecule has 0 radical (unpaired) electrons. The lowest BCUT2D eigenvalue weighted by Gasteiger charge is -2.23. The van der Waals surface area contributed by atoms with Gasteiger partial charge in [-0.2, -0.15) is 0 Å². The molecule has 28 heavy (non-hydrogen) atoms. The Morgan fingerprint density at radius 2 is 1.71 bits per heavy atom. The first-order valence-electron chi connectivity index (χ1n) is 8.74. The second-order valence-electron chi connectivity index (χ2n) is 6.90. The van der Waals surface area contributed by atoms with E-state index in [1.165, 1.54) is 32.3 Å². The Bertz CT molecular complexity index is 941. The van der Waals surface area contributed by atoms with Gasteiger partial charge >= 0.3 is 0 Å². The molecule has 0 fully saturated rings. The summed E-state index contributed by atoms with van der Waals surface area (Å²) in [6.07, 6.45) is 0. The minimum atomic E-state index is -3.67. The van der Waals surface area contributed by atoms with E-state index in [-0.39, 0.29) is 27.4 Å². The van der Waals surface area contributed by atoms with Crippen molar-refractivity contribution in [3.05, 3.63) is 58.6 Å². The SMILES string of the molecule is COc1ccc([C@@H](NC(=O)c2cc(S(=O)(=O)N(C)C)ccc2Cl)C(C)C)cc1. The number of hydrogen-bond donors (Lipinski definition) is 1. The first-order chi connectivity index (χ1) is 13.1. The number of ether oxygens (including phenoxy) is 1. The lowest BCUT2D eigenvalue weighted by molar-refractivity contribution is 0.0925. The summed E-state index contributed by atoms with van der Waals surface area (Å²) < 4.78 is 31.0. The van der Waals surface area contributed by atoms with E-state index in [0.29, 0.717) is 0 Å². The second kappa shape index (κ2) is 8.94. The Balaban J connectivity index is 2.35. The van der Waals surface area contributed by atoms with Crippen molar-refractivity contribution in [2.75, 3.05) is 21.2 Å². The van der Waals surface area contributed by atoms with Crippen molar-refractivity contribution in [2.24, 2.45) is 5.92 Å². The number of hydrogen-bond acceptors (Lipinski definition) is 4. The van der Waals surface area contributed by atoms with E-state index < -0.39 is 15.9 Å². The highest BCUT2D eigenvalue weighted by atomic mass is 35.5. The molecule has 2 rings (SSSR count). The van der Waals surface area contributed by atoms with Crippen molar-refractivity contribution in [1.82, 2.24) is 9.62 Å². The number of nitrogens with zero attached hydrogens (tertiary/aromatic N) is 1. The molecule has 0 saturated heterocycles. The largest absolute Gasteiger partial charge is 0.497 e. The van der Waals surface area contributed by atoms with Crippen molar-refractivity contribution < 1.29 is 17.9 Å². The number of carbonyl (C=O) groups is 1. The standard InChI is InChI=1S/C20H25ClN2O4S/c1-13(2)19(14-6-8-15(27-5)9-7-14)22-20(24)17-12-16(10-11-18(17)21)28(25,26)23(3)4/h6-13,19H,1-5H3,(H,22,24)/t19-/m0/s1. The molecule has 0 unspecified atom stereocenters. The van der Waals surface area contributed by atoms with Gasteiger partial charge in [0.2, 0.25) is 10.0 Å². The zero-order valence-electron chi connectivity index (χ0n) is 16.6. The quantitative estimate of drug-likeness (QED) is 0.734. The third-order valence-corrected chi connectivity index (χ3v) is 6.53. The Labute approximate surface area is 171 Å². The molecule has 0 aliphatic rings. The predicted molar refractivity (Wildman–Crippen MR) is 110 cm³/mol. The van der Waals surface area contributed by atoms with Crippen molar-refractivity contribution >= 4 is 27.5 Å². The molecule has 6 nitrogen and oxygen atoms in total. The molecular weight excluding hydrogens is 400 g/mol. The average Bonchev–Trinajstić information content (AvgIpc) is 2.65. The minimum absolute atomic E-state index is 0.0117. The Morgan fingerprint density at radius 3 is 2.21 bits per heavy atom. The van der Waals surface area contributed by atoms with Crippen LogP contribution >= 0.6 is 11.6 Å². The summed E-state index contributed by atoms with van der Waals surface area (Å²) in [5.74, 6) is 0.391. The molecule has 1 atom stereocenters. The van der Waals surface area contributed by atoms with E-state index in [1.807, 2.05) is 38.1 Å². The third-order valence-electron chi connectivity index (χ3n) is 4.39. The number of benzene rings is 2. The van der Waals surface area contributed by atoms with E-state index in [9.17, 15) is 13.2 Å². The van der Waals surface area contributed by atoms with Crippen LogP contribution in [0.15, 0.2) is 47.4 Å². The number of rotatable bonds is 7. The zero-order chi connectivity index (χ0) is 21.1. The molecule has 152 valence electrons. The van der Waals surface area contributed by atoms with Crippen LogP contribution in [0.2, 0.25) is 5.02 Å². The van der Waals surface area contributed by atoms with Gasteiger partial charge in [-0.15, -0.1) is 0 Å². The summed E-state index contributed by atoms with van der Waals surface area (Å²) in [4.78, 5) is 12.9. The van der Waals surface area contributed by atoms with E-state index in [0.717, 1.165) is 15.6 Å². The van der Waals surface area contributed by atoms with Crippen LogP contribution in [0.1, 0.15) is 35.8 Å². The van der Waals surface area contributed by atoms with Gasteiger partial charge in [-0.25, -0.2) is 12.7 Å². The van der Waals surface area contributed by atoms with Crippen LogP contribution in [-0.4, -0.2) is 39.8 Å². The first kappa shape index (κ1) is 22.2. The fourth-order valence-electron chi connectivity index (χ4n) is 2.71. The van der Waals surface area contributed by atoms with Crippen LogP contribution in [-0.2, 0) is 10.0 Å². The van der Waals surface area contributed by atoms with Gasteiger partial charge in [0.15, 0.2) is 0 Å². The lowest BCUT2D eigenvalue weighted by atomic mass is 9.95. The van der Waals surface area contributed by atoms with Crippen LogP contribution < -0.4 is 10.1 Å². The highest BCUT2D eigenvalue weighted by Crippen LogP contribution is 2.27. The number of sulfonamides is 1. The maximum absolute atomic E-state index is 12.9. The Kier molecular flexibility index (Phi) is 7.09. The number of carbonyl (C=O) groups excluding carboxylic acids is 1. The van der Waals surface area contributed by atoms with Gasteiger partial charge in [0.25, 0.3) is 5.91 Å². The lowest BCUT2D eigenvalue weighted by Crippen LogP contribution is -2.32. The van der Waals surface area contributed by atoms with Crippen LogP contribution in [0.4, 0.5) is 0 Å². The van der Waals surface area contributed by atoms with Gasteiger partial charge in [-0.05, 0) is 41.8 Å². The summed E-state index contributed by atoms with van der Waals surface area (Å²) >= 11 is 6.18. The zero-order valence-corrected chi connectivity index (χ0v) is 18.1. The molecule has 0 bridgehead atoms. The number of amides is 1. The molecule has 1 amide bonds. The van der Waals surface area contributed by atoms with E-state index in [1.54, 1.807) is 7.11 Å². The molecule has 2 aromatic carbocycles. The third kappa shape index (κ3) is 4.84. The molecule has 0 spiro atoms. The molecule has 0 aromatic heterocycles. The molecule has 1 N–H and O–H groups in total. The maximum atomic E-state index is 12.9. The molecule has 0 heterocycles. The highest BCUT2D eigenvalue weighted by Gasteiger charge is 2.24.